The molecule has 9 heteroatoms. The van der Waals surface area contributed by atoms with Gasteiger partial charge in [-0.1, -0.05) is 47.6 Å². The van der Waals surface area contributed by atoms with Crippen molar-refractivity contribution >= 4 is 22.9 Å². The second-order valence-corrected chi connectivity index (χ2v) is 22.3. The van der Waals surface area contributed by atoms with Crippen molar-refractivity contribution in [3.63, 3.8) is 0 Å². The highest BCUT2D eigenvalue weighted by molar-refractivity contribution is 6.75. The minimum Gasteiger partial charge on any atom is -0.541 e. The summed E-state index contributed by atoms with van der Waals surface area (Å²) in [5.74, 6) is 2.39. The second kappa shape index (κ2) is 11.8. The third kappa shape index (κ3) is 6.74. The molecule has 0 fully saturated rings. The van der Waals surface area contributed by atoms with Crippen molar-refractivity contribution in [2.45, 2.75) is 83.7 Å². The van der Waals surface area contributed by atoms with Gasteiger partial charge in [-0.15, -0.1) is 0 Å². The lowest BCUT2D eigenvalue weighted by atomic mass is 9.91. The van der Waals surface area contributed by atoms with Gasteiger partial charge in [0, 0.05) is 5.56 Å². The normalized spacial score (nSPS) is 13.4. The van der Waals surface area contributed by atoms with E-state index in [1.165, 1.54) is 0 Å². The molecule has 0 saturated carbocycles. The Hall–Kier alpha value is -2.66. The Labute approximate surface area is 237 Å². The molecule has 39 heavy (non-hydrogen) atoms. The Morgan fingerprint density at radius 2 is 1.08 bits per heavy atom. The summed E-state index contributed by atoms with van der Waals surface area (Å²) in [6.45, 7) is 21.9. The molecule has 0 saturated heterocycles. The summed E-state index contributed by atoms with van der Waals surface area (Å²) in [5.41, 5.74) is 1.38. The summed E-state index contributed by atoms with van der Waals surface area (Å²) in [5, 5.41) is -0.159. The monoisotopic (exact) mass is 576 g/mol. The zero-order valence-corrected chi connectivity index (χ0v) is 28.3. The summed E-state index contributed by atoms with van der Waals surface area (Å²) in [6.07, 6.45) is 0.914. The fraction of sp³-hybridized carbons (Fsp3) is 0.567. The van der Waals surface area contributed by atoms with E-state index in [-0.39, 0.29) is 10.1 Å². The van der Waals surface area contributed by atoms with Gasteiger partial charge in [0.25, 0.3) is 16.6 Å². The Bertz CT molecular complexity index is 1140. The first kappa shape index (κ1) is 32.6. The average molecular weight is 577 g/mol. The Kier molecular flexibility index (Phi) is 9.88. The number of hydrogen-bond donors (Lipinski definition) is 0. The second-order valence-electron chi connectivity index (χ2n) is 12.8. The smallest absolute Gasteiger partial charge is 0.250 e. The molecule has 7 nitrogen and oxygen atoms in total. The number of carbonyl (C=O) groups excluding carboxylic acids is 1. The molecule has 2 rings (SSSR count). The maximum Gasteiger partial charge on any atom is 0.250 e. The number of benzene rings is 2. The largest absolute Gasteiger partial charge is 0.541 e. The van der Waals surface area contributed by atoms with E-state index in [4.69, 9.17) is 27.8 Å². The van der Waals surface area contributed by atoms with Crippen LogP contribution >= 0.6 is 0 Å². The molecule has 0 aliphatic heterocycles. The fourth-order valence-electron chi connectivity index (χ4n) is 3.60. The molecule has 0 bridgehead atoms. The van der Waals surface area contributed by atoms with Crippen molar-refractivity contribution in [3.8, 4) is 34.5 Å². The van der Waals surface area contributed by atoms with Gasteiger partial charge in [0.05, 0.1) is 34.4 Å². The molecule has 0 unspecified atom stereocenters. The van der Waals surface area contributed by atoms with E-state index in [9.17, 15) is 4.79 Å². The van der Waals surface area contributed by atoms with E-state index in [0.717, 1.165) is 6.29 Å². The molecule has 0 N–H and O–H groups in total. The minimum atomic E-state index is -2.38. The van der Waals surface area contributed by atoms with Gasteiger partial charge < -0.3 is 32.6 Å². The van der Waals surface area contributed by atoms with Crippen LogP contribution in [0.5, 0.6) is 34.5 Å². The maximum atomic E-state index is 12.9. The van der Waals surface area contributed by atoms with E-state index in [2.05, 4.69) is 67.7 Å². The summed E-state index contributed by atoms with van der Waals surface area (Å²) in [6, 6.07) is 7.34. The van der Waals surface area contributed by atoms with Gasteiger partial charge >= 0.3 is 0 Å². The minimum absolute atomic E-state index is 0.0664. The van der Waals surface area contributed by atoms with E-state index in [0.29, 0.717) is 45.6 Å². The molecule has 0 aliphatic rings. The number of rotatable bonds is 11. The van der Waals surface area contributed by atoms with Gasteiger partial charge in [0.15, 0.2) is 28.7 Å². The molecular weight excluding hydrogens is 528 g/mol. The average Bonchev–Trinajstić information content (AvgIpc) is 2.83. The van der Waals surface area contributed by atoms with E-state index in [1.807, 2.05) is 12.1 Å². The van der Waals surface area contributed by atoms with Crippen LogP contribution in [0.1, 0.15) is 58.6 Å². The summed E-state index contributed by atoms with van der Waals surface area (Å²) >= 11 is 0. The quantitative estimate of drug-likeness (QED) is 0.199. The predicted molar refractivity (Wildman–Crippen MR) is 163 cm³/mol. The van der Waals surface area contributed by atoms with Gasteiger partial charge in [-0.25, -0.2) is 0 Å². The lowest BCUT2D eigenvalue weighted by Gasteiger charge is -2.41. The predicted octanol–water partition coefficient (Wildman–Crippen LogP) is 7.82. The van der Waals surface area contributed by atoms with Crippen molar-refractivity contribution in [1.29, 1.82) is 0 Å². The number of methoxy groups -OCH3 is 4. The molecule has 0 spiro atoms. The van der Waals surface area contributed by atoms with Crippen LogP contribution in [0, 0.1) is 0 Å². The first-order valence-corrected chi connectivity index (χ1v) is 19.0. The van der Waals surface area contributed by atoms with Gasteiger partial charge in [-0.2, -0.15) is 0 Å². The SMILES string of the molecule is COc1cc([C@@H](C=O)c2ccc(OC)c(O[Si](C)(C)C(C)(C)C)c2O[Si](C)(C)C(C)(C)C)cc(OC)c1OC. The molecule has 0 radical (unpaired) electrons. The zero-order chi connectivity index (χ0) is 30.0. The van der Waals surface area contributed by atoms with Crippen LogP contribution in [0.2, 0.25) is 36.3 Å². The number of carbonyl (C=O) groups is 1. The zero-order valence-electron chi connectivity index (χ0n) is 26.3. The van der Waals surface area contributed by atoms with Crippen molar-refractivity contribution in [3.05, 3.63) is 35.4 Å². The lowest BCUT2D eigenvalue weighted by Crippen LogP contribution is -2.46. The van der Waals surface area contributed by atoms with Gasteiger partial charge in [-0.05, 0) is 60.0 Å². The summed E-state index contributed by atoms with van der Waals surface area (Å²) in [7, 11) is 1.59. The molecule has 0 aromatic heterocycles. The van der Waals surface area contributed by atoms with E-state index >= 15 is 0 Å². The summed E-state index contributed by atoms with van der Waals surface area (Å²) in [4.78, 5) is 12.9. The highest BCUT2D eigenvalue weighted by Crippen LogP contribution is 2.51. The highest BCUT2D eigenvalue weighted by atomic mass is 28.4. The molecule has 0 heterocycles. The van der Waals surface area contributed by atoms with E-state index < -0.39 is 22.6 Å². The van der Waals surface area contributed by atoms with Crippen LogP contribution in [0.4, 0.5) is 0 Å². The van der Waals surface area contributed by atoms with Crippen LogP contribution in [-0.2, 0) is 4.79 Å². The molecule has 218 valence electrons. The third-order valence-corrected chi connectivity index (χ3v) is 16.8. The third-order valence-electron chi connectivity index (χ3n) is 8.17. The fourth-order valence-corrected chi connectivity index (χ4v) is 5.63. The van der Waals surface area contributed by atoms with Crippen molar-refractivity contribution < 1.29 is 32.6 Å². The van der Waals surface area contributed by atoms with Crippen LogP contribution in [0.3, 0.4) is 0 Å². The van der Waals surface area contributed by atoms with Gasteiger partial charge in [-0.3, -0.25) is 0 Å². The lowest BCUT2D eigenvalue weighted by molar-refractivity contribution is -0.108. The molecule has 0 amide bonds. The van der Waals surface area contributed by atoms with Crippen LogP contribution < -0.4 is 27.8 Å². The van der Waals surface area contributed by atoms with Gasteiger partial charge in [0.2, 0.25) is 5.75 Å². The Morgan fingerprint density at radius 1 is 0.641 bits per heavy atom. The molecule has 2 aromatic rings. The number of hydrogen-bond acceptors (Lipinski definition) is 7. The Balaban J connectivity index is 2.95. The van der Waals surface area contributed by atoms with E-state index in [1.54, 1.807) is 40.6 Å². The number of aldehydes is 1. The van der Waals surface area contributed by atoms with Crippen LogP contribution in [-0.4, -0.2) is 51.4 Å². The van der Waals surface area contributed by atoms with Crippen molar-refractivity contribution in [2.75, 3.05) is 28.4 Å². The van der Waals surface area contributed by atoms with Crippen LogP contribution in [0.15, 0.2) is 24.3 Å². The first-order chi connectivity index (χ1) is 17.9. The Morgan fingerprint density at radius 3 is 1.44 bits per heavy atom. The van der Waals surface area contributed by atoms with Gasteiger partial charge in [0.1, 0.15) is 6.29 Å². The molecule has 0 aliphatic carbocycles. The molecule has 2 aromatic carbocycles. The molecular formula is C30H48O7Si2. The first-order valence-electron chi connectivity index (χ1n) is 13.2. The maximum absolute atomic E-state index is 12.9. The number of ether oxygens (including phenoxy) is 4. The molecule has 1 atom stereocenters. The van der Waals surface area contributed by atoms with Crippen LogP contribution in [0.25, 0.3) is 0 Å². The highest BCUT2D eigenvalue weighted by Gasteiger charge is 2.44. The standard InChI is InChI=1S/C30H48O7Si2/c1-29(2,3)38(11,12)36-26-21(15-16-23(32-7)28(26)37-39(13,14)30(4,5)6)22(19-31)20-17-24(33-8)27(35-10)25(18-20)34-9/h15-19,22H,1-14H3/t22-/m1/s1. The van der Waals surface area contributed by atoms with Crippen molar-refractivity contribution in [2.24, 2.45) is 0 Å². The topological polar surface area (TPSA) is 72.5 Å². The summed E-state index contributed by atoms with van der Waals surface area (Å²) < 4.78 is 36.4. The van der Waals surface area contributed by atoms with Crippen molar-refractivity contribution in [1.82, 2.24) is 0 Å².